The number of nitrogen functional groups attached to an aromatic ring is 1. The van der Waals surface area contributed by atoms with Gasteiger partial charge in [0.25, 0.3) is 0 Å². The summed E-state index contributed by atoms with van der Waals surface area (Å²) in [4.78, 5) is 12.3. The molecular weight excluding hydrogens is 318 g/mol. The molecule has 0 fully saturated rings. The van der Waals surface area contributed by atoms with Gasteiger partial charge in [-0.1, -0.05) is 18.5 Å². The van der Waals surface area contributed by atoms with E-state index in [4.69, 9.17) is 17.3 Å². The monoisotopic (exact) mass is 333 g/mol. The minimum Gasteiger partial charge on any atom is -0.389 e. The molecule has 0 bridgehead atoms. The molecular formula is C15H16ClN5S. The van der Waals surface area contributed by atoms with Crippen molar-refractivity contribution in [2.45, 2.75) is 33.2 Å². The molecule has 7 heteroatoms. The average Bonchev–Trinajstić information content (AvgIpc) is 2.83. The van der Waals surface area contributed by atoms with Gasteiger partial charge in [0, 0.05) is 23.4 Å². The second kappa shape index (κ2) is 5.75. The van der Waals surface area contributed by atoms with Crippen LogP contribution in [0.3, 0.4) is 0 Å². The van der Waals surface area contributed by atoms with Crippen LogP contribution in [0.4, 0.5) is 10.8 Å². The lowest BCUT2D eigenvalue weighted by molar-refractivity contribution is 0.721. The first kappa shape index (κ1) is 15.1. The summed E-state index contributed by atoms with van der Waals surface area (Å²) in [5.74, 6) is 1.63. The van der Waals surface area contributed by atoms with Crippen LogP contribution in [0, 0.1) is 18.3 Å². The largest absolute Gasteiger partial charge is 0.389 e. The van der Waals surface area contributed by atoms with E-state index in [9.17, 15) is 5.26 Å². The molecule has 1 aliphatic heterocycles. The Bertz CT molecular complexity index is 777. The van der Waals surface area contributed by atoms with Crippen LogP contribution in [0.5, 0.6) is 0 Å². The van der Waals surface area contributed by atoms with Crippen LogP contribution < -0.4 is 10.6 Å². The number of anilines is 2. The zero-order valence-corrected chi connectivity index (χ0v) is 14.1. The normalized spacial score (nSPS) is 13.8. The molecule has 0 amide bonds. The minimum absolute atomic E-state index is 0.510. The number of nitrogens with two attached hydrogens (primary N) is 1. The standard InChI is InChI=1S/C15H16ClN5S/c1-3-12-19-13(16)8(2)15(20-12)21-5-4-9-10(6-17)14(18)22-11(9)7-21/h3-5,7,18H2,1-2H3. The lowest BCUT2D eigenvalue weighted by atomic mass is 10.0. The van der Waals surface area contributed by atoms with Crippen LogP contribution in [0.15, 0.2) is 0 Å². The van der Waals surface area contributed by atoms with Crippen molar-refractivity contribution in [2.24, 2.45) is 0 Å². The number of nitrogens with zero attached hydrogens (tertiary/aromatic N) is 4. The van der Waals surface area contributed by atoms with Crippen LogP contribution in [0.25, 0.3) is 0 Å². The molecule has 0 radical (unpaired) electrons. The fourth-order valence-electron chi connectivity index (χ4n) is 2.71. The molecule has 0 aliphatic carbocycles. The second-order valence-electron chi connectivity index (χ2n) is 5.26. The highest BCUT2D eigenvalue weighted by molar-refractivity contribution is 7.16. The summed E-state index contributed by atoms with van der Waals surface area (Å²) in [6.07, 6.45) is 1.55. The highest BCUT2D eigenvalue weighted by Gasteiger charge is 2.26. The first-order valence-corrected chi connectivity index (χ1v) is 8.32. The molecule has 0 saturated heterocycles. The van der Waals surface area contributed by atoms with Gasteiger partial charge in [0.2, 0.25) is 0 Å². The topological polar surface area (TPSA) is 78.8 Å². The van der Waals surface area contributed by atoms with Gasteiger partial charge in [0.15, 0.2) is 0 Å². The SMILES string of the molecule is CCc1nc(Cl)c(C)c(N2CCc3c(sc(N)c3C#N)C2)n1. The summed E-state index contributed by atoms with van der Waals surface area (Å²) < 4.78 is 0. The van der Waals surface area contributed by atoms with E-state index in [0.717, 1.165) is 47.0 Å². The maximum atomic E-state index is 9.22. The highest BCUT2D eigenvalue weighted by Crippen LogP contribution is 2.36. The Hall–Kier alpha value is -1.84. The van der Waals surface area contributed by atoms with E-state index in [1.807, 2.05) is 13.8 Å². The summed E-state index contributed by atoms with van der Waals surface area (Å²) in [5, 5.41) is 10.3. The molecule has 3 rings (SSSR count). The molecule has 2 aromatic rings. The van der Waals surface area contributed by atoms with Crippen LogP contribution in [-0.2, 0) is 19.4 Å². The molecule has 0 aromatic carbocycles. The summed E-state index contributed by atoms with van der Waals surface area (Å²) >= 11 is 7.73. The lowest BCUT2D eigenvalue weighted by Crippen LogP contribution is -2.31. The van der Waals surface area contributed by atoms with E-state index in [0.29, 0.717) is 22.3 Å². The van der Waals surface area contributed by atoms with E-state index in [1.54, 1.807) is 0 Å². The van der Waals surface area contributed by atoms with Crippen LogP contribution in [0.1, 0.15) is 34.3 Å². The molecule has 2 N–H and O–H groups in total. The smallest absolute Gasteiger partial charge is 0.137 e. The number of hydrogen-bond acceptors (Lipinski definition) is 6. The van der Waals surface area contributed by atoms with Crippen LogP contribution in [0.2, 0.25) is 5.15 Å². The van der Waals surface area contributed by atoms with E-state index < -0.39 is 0 Å². The Morgan fingerprint density at radius 3 is 2.91 bits per heavy atom. The summed E-state index contributed by atoms with van der Waals surface area (Å²) in [7, 11) is 0. The van der Waals surface area contributed by atoms with Crippen molar-refractivity contribution in [1.82, 2.24) is 9.97 Å². The summed E-state index contributed by atoms with van der Waals surface area (Å²) in [6, 6.07) is 2.22. The molecule has 2 aromatic heterocycles. The fraction of sp³-hybridized carbons (Fsp3) is 0.400. The molecule has 0 spiro atoms. The third-order valence-electron chi connectivity index (χ3n) is 3.92. The number of fused-ring (bicyclic) bond motifs is 1. The maximum absolute atomic E-state index is 9.22. The zero-order valence-electron chi connectivity index (χ0n) is 12.5. The van der Waals surface area contributed by atoms with Crippen LogP contribution in [-0.4, -0.2) is 16.5 Å². The maximum Gasteiger partial charge on any atom is 0.137 e. The number of thiophene rings is 1. The van der Waals surface area contributed by atoms with Crippen molar-refractivity contribution >= 4 is 33.8 Å². The number of halogens is 1. The third-order valence-corrected chi connectivity index (χ3v) is 5.33. The molecule has 3 heterocycles. The van der Waals surface area contributed by atoms with Crippen molar-refractivity contribution in [3.05, 3.63) is 32.5 Å². The van der Waals surface area contributed by atoms with E-state index in [2.05, 4.69) is 20.9 Å². The second-order valence-corrected chi connectivity index (χ2v) is 6.75. The fourth-order valence-corrected chi connectivity index (χ4v) is 3.98. The minimum atomic E-state index is 0.510. The predicted molar refractivity (Wildman–Crippen MR) is 89.4 cm³/mol. The van der Waals surface area contributed by atoms with Gasteiger partial charge in [-0.3, -0.25) is 0 Å². The van der Waals surface area contributed by atoms with Crippen molar-refractivity contribution in [3.63, 3.8) is 0 Å². The van der Waals surface area contributed by atoms with Gasteiger partial charge in [-0.15, -0.1) is 11.3 Å². The number of aromatic nitrogens is 2. The molecule has 5 nitrogen and oxygen atoms in total. The van der Waals surface area contributed by atoms with E-state index in [-0.39, 0.29) is 0 Å². The van der Waals surface area contributed by atoms with Gasteiger partial charge in [0.05, 0.1) is 12.1 Å². The first-order valence-electron chi connectivity index (χ1n) is 7.13. The third kappa shape index (κ3) is 2.40. The summed E-state index contributed by atoms with van der Waals surface area (Å²) in [5.41, 5.74) is 8.58. The number of aryl methyl sites for hydroxylation is 1. The Labute approximate surface area is 138 Å². The van der Waals surface area contributed by atoms with Gasteiger partial charge in [-0.25, -0.2) is 9.97 Å². The highest BCUT2D eigenvalue weighted by atomic mass is 35.5. The van der Waals surface area contributed by atoms with Crippen LogP contribution >= 0.6 is 22.9 Å². The van der Waals surface area contributed by atoms with Gasteiger partial charge in [-0.2, -0.15) is 5.26 Å². The predicted octanol–water partition coefficient (Wildman–Crippen LogP) is 3.08. The molecule has 22 heavy (non-hydrogen) atoms. The number of rotatable bonds is 2. The van der Waals surface area contributed by atoms with Gasteiger partial charge >= 0.3 is 0 Å². The summed E-state index contributed by atoms with van der Waals surface area (Å²) in [6.45, 7) is 5.47. The Kier molecular flexibility index (Phi) is 3.94. The number of nitriles is 1. The molecule has 1 aliphatic rings. The van der Waals surface area contributed by atoms with Crippen molar-refractivity contribution in [2.75, 3.05) is 17.2 Å². The molecule has 0 saturated carbocycles. The first-order chi connectivity index (χ1) is 10.5. The van der Waals surface area contributed by atoms with E-state index >= 15 is 0 Å². The van der Waals surface area contributed by atoms with Crippen molar-refractivity contribution < 1.29 is 0 Å². The average molecular weight is 334 g/mol. The molecule has 0 unspecified atom stereocenters. The Balaban J connectivity index is 1.99. The Morgan fingerprint density at radius 1 is 1.45 bits per heavy atom. The number of hydrogen-bond donors (Lipinski definition) is 1. The van der Waals surface area contributed by atoms with Crippen molar-refractivity contribution in [1.29, 1.82) is 5.26 Å². The zero-order chi connectivity index (χ0) is 15.9. The Morgan fingerprint density at radius 2 is 2.23 bits per heavy atom. The molecule has 0 atom stereocenters. The van der Waals surface area contributed by atoms with E-state index in [1.165, 1.54) is 11.3 Å². The van der Waals surface area contributed by atoms with Crippen molar-refractivity contribution in [3.8, 4) is 6.07 Å². The quantitative estimate of drug-likeness (QED) is 0.854. The lowest BCUT2D eigenvalue weighted by Gasteiger charge is -2.29. The van der Waals surface area contributed by atoms with Gasteiger partial charge in [-0.05, 0) is 18.9 Å². The van der Waals surface area contributed by atoms with Gasteiger partial charge < -0.3 is 10.6 Å². The van der Waals surface area contributed by atoms with Gasteiger partial charge in [0.1, 0.15) is 27.9 Å². The molecule has 114 valence electrons.